The lowest BCUT2D eigenvalue weighted by atomic mass is 10.0. The summed E-state index contributed by atoms with van der Waals surface area (Å²) in [6.45, 7) is -0.175. The standard InChI is InChI=1S/C13H14F4N2O2S/c14-11(15)13(16,17)12(21)19-4-1-9(2-5-19)18-10(20)8-3-6-22-7-8/h3,6-7,9,11H,1-2,4-5H2,(H,18,20). The third-order valence-electron chi connectivity index (χ3n) is 3.46. The molecular formula is C13H14F4N2O2S. The second-order valence-electron chi connectivity index (χ2n) is 4.98. The number of hydrogen-bond acceptors (Lipinski definition) is 3. The molecule has 1 fully saturated rings. The maximum absolute atomic E-state index is 13.0. The molecule has 1 aliphatic rings. The Labute approximate surface area is 128 Å². The minimum atomic E-state index is -4.66. The number of nitrogens with one attached hydrogen (secondary N) is 1. The molecule has 9 heteroatoms. The summed E-state index contributed by atoms with van der Waals surface area (Å²) in [7, 11) is 0. The minimum Gasteiger partial charge on any atom is -0.349 e. The number of carbonyl (C=O) groups is 2. The van der Waals surface area contributed by atoms with Crippen molar-refractivity contribution in [3.63, 3.8) is 0 Å². The molecule has 1 aliphatic heterocycles. The molecule has 0 atom stereocenters. The van der Waals surface area contributed by atoms with E-state index in [1.165, 1.54) is 11.3 Å². The number of rotatable bonds is 4. The van der Waals surface area contributed by atoms with Gasteiger partial charge >= 0.3 is 12.3 Å². The summed E-state index contributed by atoms with van der Waals surface area (Å²) in [5.41, 5.74) is 0.507. The summed E-state index contributed by atoms with van der Waals surface area (Å²) < 4.78 is 50.4. The quantitative estimate of drug-likeness (QED) is 0.857. The second-order valence-corrected chi connectivity index (χ2v) is 5.76. The molecule has 22 heavy (non-hydrogen) atoms. The molecule has 1 aromatic heterocycles. The molecule has 1 N–H and O–H groups in total. The molecule has 0 aromatic carbocycles. The first-order valence-electron chi connectivity index (χ1n) is 6.60. The number of hydrogen-bond donors (Lipinski definition) is 1. The number of halogens is 4. The lowest BCUT2D eigenvalue weighted by Gasteiger charge is -2.34. The van der Waals surface area contributed by atoms with Gasteiger partial charge in [-0.3, -0.25) is 9.59 Å². The molecule has 122 valence electrons. The molecule has 1 aromatic rings. The summed E-state index contributed by atoms with van der Waals surface area (Å²) in [6.07, 6.45) is -3.52. The van der Waals surface area contributed by atoms with Crippen LogP contribution in [-0.2, 0) is 4.79 Å². The molecule has 1 saturated heterocycles. The molecule has 4 nitrogen and oxygen atoms in total. The maximum atomic E-state index is 13.0. The van der Waals surface area contributed by atoms with Gasteiger partial charge < -0.3 is 10.2 Å². The fourth-order valence-corrected chi connectivity index (χ4v) is 2.83. The summed E-state index contributed by atoms with van der Waals surface area (Å²) in [5.74, 6) is -6.79. The van der Waals surface area contributed by atoms with Gasteiger partial charge in [-0.15, -0.1) is 0 Å². The van der Waals surface area contributed by atoms with Gasteiger partial charge in [-0.25, -0.2) is 8.78 Å². The molecule has 0 bridgehead atoms. The highest BCUT2D eigenvalue weighted by atomic mass is 32.1. The first-order chi connectivity index (χ1) is 10.3. The van der Waals surface area contributed by atoms with Gasteiger partial charge in [0.1, 0.15) is 0 Å². The van der Waals surface area contributed by atoms with Crippen LogP contribution in [0.3, 0.4) is 0 Å². The van der Waals surface area contributed by atoms with E-state index in [0.29, 0.717) is 5.56 Å². The zero-order valence-electron chi connectivity index (χ0n) is 11.4. The molecule has 0 radical (unpaired) electrons. The van der Waals surface area contributed by atoms with Crippen LogP contribution in [0.25, 0.3) is 0 Å². The van der Waals surface area contributed by atoms with Crippen molar-refractivity contribution >= 4 is 23.2 Å². The Hall–Kier alpha value is -1.64. The van der Waals surface area contributed by atoms with Crippen LogP contribution >= 0.6 is 11.3 Å². The van der Waals surface area contributed by atoms with Gasteiger partial charge in [0.2, 0.25) is 0 Å². The Balaban J connectivity index is 1.86. The summed E-state index contributed by atoms with van der Waals surface area (Å²) >= 11 is 1.37. The van der Waals surface area contributed by atoms with Crippen LogP contribution in [-0.4, -0.2) is 48.2 Å². The number of nitrogens with zero attached hydrogens (tertiary/aromatic N) is 1. The highest BCUT2D eigenvalue weighted by molar-refractivity contribution is 7.08. The Morgan fingerprint density at radius 1 is 1.32 bits per heavy atom. The number of thiophene rings is 1. The third kappa shape index (κ3) is 3.57. The first-order valence-corrected chi connectivity index (χ1v) is 7.55. The number of likely N-dealkylation sites (tertiary alicyclic amines) is 1. The molecule has 0 spiro atoms. The van der Waals surface area contributed by atoms with Crippen LogP contribution in [0.2, 0.25) is 0 Å². The monoisotopic (exact) mass is 338 g/mol. The number of amides is 2. The molecule has 0 unspecified atom stereocenters. The second kappa shape index (κ2) is 6.64. The SMILES string of the molecule is O=C(NC1CCN(C(=O)C(F)(F)C(F)F)CC1)c1ccsc1. The highest BCUT2D eigenvalue weighted by Gasteiger charge is 2.51. The minimum absolute atomic E-state index is 0.0876. The van der Waals surface area contributed by atoms with Crippen molar-refractivity contribution in [2.75, 3.05) is 13.1 Å². The molecule has 2 heterocycles. The first kappa shape index (κ1) is 16.7. The van der Waals surface area contributed by atoms with E-state index in [1.54, 1.807) is 16.8 Å². The van der Waals surface area contributed by atoms with Crippen LogP contribution in [0.5, 0.6) is 0 Å². The van der Waals surface area contributed by atoms with Crippen molar-refractivity contribution in [2.24, 2.45) is 0 Å². The number of piperidine rings is 1. The maximum Gasteiger partial charge on any atom is 0.383 e. The normalized spacial score (nSPS) is 16.9. The Bertz CT molecular complexity index is 528. The lowest BCUT2D eigenvalue weighted by Crippen LogP contribution is -2.53. The molecule has 2 rings (SSSR count). The summed E-state index contributed by atoms with van der Waals surface area (Å²) in [6, 6.07) is 1.39. The summed E-state index contributed by atoms with van der Waals surface area (Å²) in [4.78, 5) is 23.9. The fraction of sp³-hybridized carbons (Fsp3) is 0.538. The van der Waals surface area contributed by atoms with Gasteiger partial charge in [0.15, 0.2) is 0 Å². The van der Waals surface area contributed by atoms with Crippen molar-refractivity contribution in [1.29, 1.82) is 0 Å². The van der Waals surface area contributed by atoms with Gasteiger partial charge in [-0.2, -0.15) is 20.1 Å². The van der Waals surface area contributed by atoms with E-state index >= 15 is 0 Å². The van der Waals surface area contributed by atoms with Crippen molar-refractivity contribution in [3.05, 3.63) is 22.4 Å². The van der Waals surface area contributed by atoms with Gasteiger partial charge in [0, 0.05) is 30.1 Å². The Morgan fingerprint density at radius 2 is 1.95 bits per heavy atom. The van der Waals surface area contributed by atoms with Gasteiger partial charge in [0.05, 0.1) is 0 Å². The predicted molar refractivity (Wildman–Crippen MR) is 72.3 cm³/mol. The zero-order chi connectivity index (χ0) is 16.3. The van der Waals surface area contributed by atoms with Crippen molar-refractivity contribution in [3.8, 4) is 0 Å². The van der Waals surface area contributed by atoms with Gasteiger partial charge in [-0.1, -0.05) is 0 Å². The van der Waals surface area contributed by atoms with Crippen molar-refractivity contribution in [1.82, 2.24) is 10.2 Å². The lowest BCUT2D eigenvalue weighted by molar-refractivity contribution is -0.181. The van der Waals surface area contributed by atoms with Gasteiger partial charge in [0.25, 0.3) is 11.8 Å². The van der Waals surface area contributed by atoms with E-state index in [9.17, 15) is 27.2 Å². The number of carbonyl (C=O) groups excluding carboxylic acids is 2. The molecule has 0 saturated carbocycles. The summed E-state index contributed by atoms with van der Waals surface area (Å²) in [5, 5.41) is 6.17. The topological polar surface area (TPSA) is 49.4 Å². The third-order valence-corrected chi connectivity index (χ3v) is 4.14. The predicted octanol–water partition coefficient (Wildman–Crippen LogP) is 2.37. The fourth-order valence-electron chi connectivity index (χ4n) is 2.19. The van der Waals surface area contributed by atoms with E-state index in [-0.39, 0.29) is 37.9 Å². The average molecular weight is 338 g/mol. The molecular weight excluding hydrogens is 324 g/mol. The van der Waals surface area contributed by atoms with Gasteiger partial charge in [-0.05, 0) is 24.3 Å². The Kier molecular flexibility index (Phi) is 5.05. The van der Waals surface area contributed by atoms with Crippen LogP contribution in [0, 0.1) is 0 Å². The van der Waals surface area contributed by atoms with Crippen LogP contribution < -0.4 is 5.32 Å². The van der Waals surface area contributed by atoms with E-state index in [0.717, 1.165) is 4.90 Å². The average Bonchev–Trinajstić information content (AvgIpc) is 3.01. The van der Waals surface area contributed by atoms with Crippen molar-refractivity contribution in [2.45, 2.75) is 31.2 Å². The van der Waals surface area contributed by atoms with E-state index in [1.807, 2.05) is 0 Å². The van der Waals surface area contributed by atoms with Crippen molar-refractivity contribution < 1.29 is 27.2 Å². The van der Waals surface area contributed by atoms with Crippen LogP contribution in [0.4, 0.5) is 17.6 Å². The van der Waals surface area contributed by atoms with E-state index in [4.69, 9.17) is 0 Å². The van der Waals surface area contributed by atoms with E-state index in [2.05, 4.69) is 5.32 Å². The largest absolute Gasteiger partial charge is 0.383 e. The smallest absolute Gasteiger partial charge is 0.349 e. The Morgan fingerprint density at radius 3 is 2.45 bits per heavy atom. The van der Waals surface area contributed by atoms with Crippen LogP contribution in [0.15, 0.2) is 16.8 Å². The number of alkyl halides is 4. The molecule has 0 aliphatic carbocycles. The van der Waals surface area contributed by atoms with E-state index < -0.39 is 18.3 Å². The van der Waals surface area contributed by atoms with Crippen LogP contribution in [0.1, 0.15) is 23.2 Å². The highest BCUT2D eigenvalue weighted by Crippen LogP contribution is 2.27. The molecule has 2 amide bonds. The zero-order valence-corrected chi connectivity index (χ0v) is 12.2.